The van der Waals surface area contributed by atoms with E-state index in [9.17, 15) is 4.79 Å². The number of thiophene rings is 1. The number of amides is 1. The Morgan fingerprint density at radius 3 is 3.06 bits per heavy atom. The van der Waals surface area contributed by atoms with Crippen LogP contribution < -0.4 is 11.1 Å². The highest BCUT2D eigenvalue weighted by Crippen LogP contribution is 2.38. The standard InChI is InChI=1S/C12H15N3OS/c1-7(14)5-11(16)15-12-9(6-13)8-3-2-4-10(8)17-12/h7H,2-5,14H2,1H3,(H,15,16). The van der Waals surface area contributed by atoms with E-state index in [1.165, 1.54) is 16.2 Å². The molecule has 1 aromatic heterocycles. The van der Waals surface area contributed by atoms with Crippen molar-refractivity contribution in [2.45, 2.75) is 38.6 Å². The van der Waals surface area contributed by atoms with Crippen LogP contribution in [0, 0.1) is 11.3 Å². The van der Waals surface area contributed by atoms with Gasteiger partial charge < -0.3 is 11.1 Å². The molecular weight excluding hydrogens is 234 g/mol. The van der Waals surface area contributed by atoms with Crippen molar-refractivity contribution >= 4 is 22.2 Å². The Bertz CT molecular complexity index is 485. The van der Waals surface area contributed by atoms with Crippen molar-refractivity contribution in [2.24, 2.45) is 5.73 Å². The van der Waals surface area contributed by atoms with Crippen molar-refractivity contribution in [2.75, 3.05) is 5.32 Å². The van der Waals surface area contributed by atoms with Gasteiger partial charge in [0.2, 0.25) is 5.91 Å². The summed E-state index contributed by atoms with van der Waals surface area (Å²) in [4.78, 5) is 12.9. The lowest BCUT2D eigenvalue weighted by Crippen LogP contribution is -2.23. The van der Waals surface area contributed by atoms with E-state index >= 15 is 0 Å². The van der Waals surface area contributed by atoms with Gasteiger partial charge in [-0.2, -0.15) is 5.26 Å². The molecule has 0 saturated carbocycles. The van der Waals surface area contributed by atoms with Gasteiger partial charge in [0.15, 0.2) is 0 Å². The number of nitrogens with zero attached hydrogens (tertiary/aromatic N) is 1. The third kappa shape index (κ3) is 2.48. The first-order valence-corrected chi connectivity index (χ1v) is 6.53. The Balaban J connectivity index is 2.17. The minimum absolute atomic E-state index is 0.114. The van der Waals surface area contributed by atoms with E-state index in [1.807, 2.05) is 0 Å². The maximum atomic E-state index is 11.6. The number of hydrogen-bond donors (Lipinski definition) is 2. The molecule has 1 unspecified atom stereocenters. The van der Waals surface area contributed by atoms with Crippen LogP contribution in [0.2, 0.25) is 0 Å². The van der Waals surface area contributed by atoms with Crippen molar-refractivity contribution in [3.05, 3.63) is 16.0 Å². The summed E-state index contributed by atoms with van der Waals surface area (Å²) in [5, 5.41) is 12.6. The Labute approximate surface area is 104 Å². The number of hydrogen-bond acceptors (Lipinski definition) is 4. The number of nitriles is 1. The summed E-state index contributed by atoms with van der Waals surface area (Å²) >= 11 is 1.53. The number of rotatable bonds is 3. The lowest BCUT2D eigenvalue weighted by Gasteiger charge is -2.05. The molecule has 0 saturated heterocycles. The fourth-order valence-corrected chi connectivity index (χ4v) is 3.34. The van der Waals surface area contributed by atoms with Crippen molar-refractivity contribution < 1.29 is 4.79 Å². The smallest absolute Gasteiger partial charge is 0.226 e. The molecule has 17 heavy (non-hydrogen) atoms. The summed E-state index contributed by atoms with van der Waals surface area (Å²) < 4.78 is 0. The van der Waals surface area contributed by atoms with Crippen LogP contribution in [0.3, 0.4) is 0 Å². The minimum atomic E-state index is -0.160. The topological polar surface area (TPSA) is 78.9 Å². The molecule has 1 heterocycles. The van der Waals surface area contributed by atoms with Crippen LogP contribution in [0.1, 0.15) is 35.8 Å². The maximum absolute atomic E-state index is 11.6. The molecule has 2 rings (SSSR count). The van der Waals surface area contributed by atoms with Gasteiger partial charge in [-0.05, 0) is 31.7 Å². The van der Waals surface area contributed by atoms with Crippen molar-refractivity contribution in [3.8, 4) is 6.07 Å². The number of nitrogens with two attached hydrogens (primary N) is 1. The molecule has 1 aromatic rings. The van der Waals surface area contributed by atoms with E-state index in [0.29, 0.717) is 10.6 Å². The molecule has 1 amide bonds. The molecular formula is C12H15N3OS. The predicted octanol–water partition coefficient (Wildman–Crippen LogP) is 1.78. The summed E-state index contributed by atoms with van der Waals surface area (Å²) in [5.74, 6) is -0.114. The Hall–Kier alpha value is -1.38. The van der Waals surface area contributed by atoms with Crippen molar-refractivity contribution in [1.29, 1.82) is 5.26 Å². The highest BCUT2D eigenvalue weighted by Gasteiger charge is 2.23. The molecule has 1 atom stereocenters. The van der Waals surface area contributed by atoms with E-state index in [0.717, 1.165) is 24.8 Å². The highest BCUT2D eigenvalue weighted by atomic mass is 32.1. The summed E-state index contributed by atoms with van der Waals surface area (Å²) in [6.07, 6.45) is 3.38. The van der Waals surface area contributed by atoms with Gasteiger partial charge in [0, 0.05) is 17.3 Å². The summed E-state index contributed by atoms with van der Waals surface area (Å²) in [7, 11) is 0. The largest absolute Gasteiger partial charge is 0.327 e. The van der Waals surface area contributed by atoms with Gasteiger partial charge in [0.1, 0.15) is 11.1 Å². The maximum Gasteiger partial charge on any atom is 0.226 e. The first-order valence-electron chi connectivity index (χ1n) is 5.72. The average molecular weight is 249 g/mol. The van der Waals surface area contributed by atoms with Crippen LogP contribution in [-0.2, 0) is 17.6 Å². The Kier molecular flexibility index (Phi) is 3.46. The van der Waals surface area contributed by atoms with Gasteiger partial charge in [0.25, 0.3) is 0 Å². The van der Waals surface area contributed by atoms with Gasteiger partial charge in [-0.25, -0.2) is 0 Å². The molecule has 5 heteroatoms. The molecule has 90 valence electrons. The van der Waals surface area contributed by atoms with E-state index in [-0.39, 0.29) is 18.4 Å². The van der Waals surface area contributed by atoms with Crippen molar-refractivity contribution in [1.82, 2.24) is 0 Å². The number of aryl methyl sites for hydroxylation is 1. The zero-order valence-electron chi connectivity index (χ0n) is 9.75. The van der Waals surface area contributed by atoms with Gasteiger partial charge in [-0.3, -0.25) is 4.79 Å². The van der Waals surface area contributed by atoms with Crippen molar-refractivity contribution in [3.63, 3.8) is 0 Å². The Morgan fingerprint density at radius 1 is 1.65 bits per heavy atom. The highest BCUT2D eigenvalue weighted by molar-refractivity contribution is 7.16. The molecule has 0 aliphatic heterocycles. The summed E-state index contributed by atoms with van der Waals surface area (Å²) in [5.41, 5.74) is 7.35. The molecule has 4 nitrogen and oxygen atoms in total. The molecule has 0 fully saturated rings. The lowest BCUT2D eigenvalue weighted by molar-refractivity contribution is -0.116. The third-order valence-electron chi connectivity index (χ3n) is 2.79. The van der Waals surface area contributed by atoms with Gasteiger partial charge in [0.05, 0.1) is 5.56 Å². The van der Waals surface area contributed by atoms with Crippen LogP contribution >= 0.6 is 11.3 Å². The molecule has 1 aliphatic rings. The quantitative estimate of drug-likeness (QED) is 0.857. The van der Waals surface area contributed by atoms with E-state index in [4.69, 9.17) is 11.0 Å². The average Bonchev–Trinajstić information content (AvgIpc) is 2.75. The SMILES string of the molecule is CC(N)CC(=O)Nc1sc2c(c1C#N)CCC2. The van der Waals surface area contributed by atoms with Crippen LogP contribution in [0.25, 0.3) is 0 Å². The number of fused-ring (bicyclic) bond motifs is 1. The first-order chi connectivity index (χ1) is 8.11. The first kappa shape index (κ1) is 12.1. The molecule has 0 bridgehead atoms. The lowest BCUT2D eigenvalue weighted by atomic mass is 10.1. The molecule has 0 radical (unpaired) electrons. The zero-order chi connectivity index (χ0) is 12.4. The zero-order valence-corrected chi connectivity index (χ0v) is 10.6. The second kappa shape index (κ2) is 4.86. The number of carbonyl (C=O) groups is 1. The minimum Gasteiger partial charge on any atom is -0.327 e. The number of nitrogens with one attached hydrogen (secondary N) is 1. The fraction of sp³-hybridized carbons (Fsp3) is 0.500. The molecule has 3 N–H and O–H groups in total. The van der Waals surface area contributed by atoms with Crippen LogP contribution in [0.15, 0.2) is 0 Å². The molecule has 0 spiro atoms. The van der Waals surface area contributed by atoms with Gasteiger partial charge >= 0.3 is 0 Å². The monoisotopic (exact) mass is 249 g/mol. The predicted molar refractivity (Wildman–Crippen MR) is 68.0 cm³/mol. The van der Waals surface area contributed by atoms with E-state index in [2.05, 4.69) is 11.4 Å². The fourth-order valence-electron chi connectivity index (χ4n) is 2.08. The summed E-state index contributed by atoms with van der Waals surface area (Å²) in [6.45, 7) is 1.79. The number of anilines is 1. The normalized spacial score (nSPS) is 15.1. The Morgan fingerprint density at radius 2 is 2.41 bits per heavy atom. The van der Waals surface area contributed by atoms with Gasteiger partial charge in [-0.1, -0.05) is 0 Å². The van der Waals surface area contributed by atoms with Crippen LogP contribution in [0.4, 0.5) is 5.00 Å². The molecule has 1 aliphatic carbocycles. The summed E-state index contributed by atoms with van der Waals surface area (Å²) in [6, 6.07) is 2.04. The number of carbonyl (C=O) groups excluding carboxylic acids is 1. The van der Waals surface area contributed by atoms with E-state index in [1.54, 1.807) is 6.92 Å². The second-order valence-electron chi connectivity index (χ2n) is 4.40. The third-order valence-corrected chi connectivity index (χ3v) is 4.00. The second-order valence-corrected chi connectivity index (χ2v) is 5.51. The van der Waals surface area contributed by atoms with Gasteiger partial charge in [-0.15, -0.1) is 11.3 Å². The molecule has 0 aromatic carbocycles. The van der Waals surface area contributed by atoms with Crippen LogP contribution in [-0.4, -0.2) is 11.9 Å². The van der Waals surface area contributed by atoms with Crippen LogP contribution in [0.5, 0.6) is 0 Å². The van der Waals surface area contributed by atoms with E-state index < -0.39 is 0 Å².